The summed E-state index contributed by atoms with van der Waals surface area (Å²) in [6.07, 6.45) is 1.92. The molecule has 1 aliphatic heterocycles. The van der Waals surface area contributed by atoms with Crippen LogP contribution in [0.1, 0.15) is 21.6 Å². The van der Waals surface area contributed by atoms with Crippen LogP contribution in [0.2, 0.25) is 0 Å². The Balaban J connectivity index is 1.43. The first-order valence-corrected chi connectivity index (χ1v) is 11.1. The molecule has 1 aromatic heterocycles. The predicted molar refractivity (Wildman–Crippen MR) is 123 cm³/mol. The number of carboxylic acid groups (broad SMARTS) is 1. The number of aromatic carboxylic acids is 1. The van der Waals surface area contributed by atoms with E-state index in [4.69, 9.17) is 4.74 Å². The third-order valence-electron chi connectivity index (χ3n) is 5.43. The van der Waals surface area contributed by atoms with Crippen molar-refractivity contribution >= 4 is 33.5 Å². The first kappa shape index (κ1) is 22.9. The average Bonchev–Trinajstić information content (AvgIpc) is 3.15. The number of carboxylic acids is 1. The lowest BCUT2D eigenvalue weighted by atomic mass is 10.1. The lowest BCUT2D eigenvalue weighted by molar-refractivity contribution is -0.120. The summed E-state index contributed by atoms with van der Waals surface area (Å²) in [5, 5.41) is 16.8. The Morgan fingerprint density at radius 3 is 2.85 bits per heavy atom. The van der Waals surface area contributed by atoms with E-state index in [1.807, 2.05) is 18.2 Å². The van der Waals surface area contributed by atoms with Crippen LogP contribution in [0.5, 0.6) is 5.75 Å². The maximum atomic E-state index is 14.0. The van der Waals surface area contributed by atoms with E-state index in [0.29, 0.717) is 35.5 Å². The highest BCUT2D eigenvalue weighted by atomic mass is 79.9. The Hall–Kier alpha value is -3.24. The summed E-state index contributed by atoms with van der Waals surface area (Å²) < 4.78 is 22.0. The minimum atomic E-state index is -1.16. The topological polar surface area (TPSA) is 96.7 Å². The number of rotatable bonds is 7. The number of fused-ring (bicyclic) bond motifs is 1. The Morgan fingerprint density at radius 2 is 2.09 bits per heavy atom. The van der Waals surface area contributed by atoms with Crippen molar-refractivity contribution in [3.8, 4) is 5.75 Å². The third-order valence-corrected chi connectivity index (χ3v) is 5.93. The van der Waals surface area contributed by atoms with Gasteiger partial charge in [0.25, 0.3) is 0 Å². The molecule has 0 fully saturated rings. The fraction of sp³-hybridized carbons (Fsp3) is 0.261. The minimum absolute atomic E-state index is 0.0917. The SMILES string of the molecule is CN1C(=O)C(NCCc2cn(Cc3ccccc3F)nc2C(=O)O)COc2cc(Br)ccc21. The van der Waals surface area contributed by atoms with E-state index in [0.717, 1.165) is 4.47 Å². The number of aromatic nitrogens is 2. The molecule has 1 amide bonds. The number of likely N-dealkylation sites (N-methyl/N-ethyl adjacent to an activating group) is 1. The average molecular weight is 517 g/mol. The quantitative estimate of drug-likeness (QED) is 0.500. The summed E-state index contributed by atoms with van der Waals surface area (Å²) in [5.41, 5.74) is 1.49. The van der Waals surface area contributed by atoms with Gasteiger partial charge >= 0.3 is 5.97 Å². The molecule has 33 heavy (non-hydrogen) atoms. The van der Waals surface area contributed by atoms with Crippen LogP contribution < -0.4 is 15.0 Å². The minimum Gasteiger partial charge on any atom is -0.489 e. The van der Waals surface area contributed by atoms with Crippen molar-refractivity contribution in [2.24, 2.45) is 0 Å². The fourth-order valence-electron chi connectivity index (χ4n) is 3.71. The molecule has 0 bridgehead atoms. The van der Waals surface area contributed by atoms with E-state index in [2.05, 4.69) is 26.3 Å². The number of hydrogen-bond donors (Lipinski definition) is 2. The Morgan fingerprint density at radius 1 is 1.30 bits per heavy atom. The summed E-state index contributed by atoms with van der Waals surface area (Å²) in [4.78, 5) is 26.1. The smallest absolute Gasteiger partial charge is 0.356 e. The monoisotopic (exact) mass is 516 g/mol. The molecule has 0 radical (unpaired) electrons. The number of amides is 1. The van der Waals surface area contributed by atoms with Crippen molar-refractivity contribution < 1.29 is 23.8 Å². The number of carbonyl (C=O) groups excluding carboxylic acids is 1. The van der Waals surface area contributed by atoms with Crippen LogP contribution in [0, 0.1) is 5.82 Å². The zero-order valence-electron chi connectivity index (χ0n) is 17.8. The van der Waals surface area contributed by atoms with Gasteiger partial charge in [-0.05, 0) is 30.7 Å². The summed E-state index contributed by atoms with van der Waals surface area (Å²) >= 11 is 3.40. The van der Waals surface area contributed by atoms with Gasteiger partial charge in [0.2, 0.25) is 5.91 Å². The Labute approximate surface area is 198 Å². The number of ether oxygens (including phenoxy) is 1. The van der Waals surface area contributed by atoms with Gasteiger partial charge in [0.05, 0.1) is 12.2 Å². The lowest BCUT2D eigenvalue weighted by Gasteiger charge is -2.20. The molecule has 0 aliphatic carbocycles. The zero-order chi connectivity index (χ0) is 23.5. The maximum absolute atomic E-state index is 14.0. The first-order chi connectivity index (χ1) is 15.8. The molecule has 2 N–H and O–H groups in total. The molecule has 4 rings (SSSR count). The van der Waals surface area contributed by atoms with Gasteiger partial charge in [-0.3, -0.25) is 9.48 Å². The van der Waals surface area contributed by atoms with Gasteiger partial charge in [0.1, 0.15) is 24.2 Å². The van der Waals surface area contributed by atoms with E-state index in [-0.39, 0.29) is 30.6 Å². The highest BCUT2D eigenvalue weighted by Gasteiger charge is 2.29. The third kappa shape index (κ3) is 5.07. The number of benzene rings is 2. The molecular formula is C23H22BrFN4O4. The number of anilines is 1. The van der Waals surface area contributed by atoms with Gasteiger partial charge in [-0.25, -0.2) is 9.18 Å². The second kappa shape index (κ2) is 9.72. The van der Waals surface area contributed by atoms with Crippen molar-refractivity contribution in [2.45, 2.75) is 19.0 Å². The molecular weight excluding hydrogens is 495 g/mol. The van der Waals surface area contributed by atoms with Gasteiger partial charge in [-0.1, -0.05) is 34.1 Å². The molecule has 2 heterocycles. The van der Waals surface area contributed by atoms with Crippen molar-refractivity contribution in [2.75, 3.05) is 25.1 Å². The zero-order valence-corrected chi connectivity index (χ0v) is 19.4. The van der Waals surface area contributed by atoms with Crippen molar-refractivity contribution in [1.29, 1.82) is 0 Å². The van der Waals surface area contributed by atoms with Crippen LogP contribution in [-0.4, -0.2) is 53.0 Å². The van der Waals surface area contributed by atoms with E-state index < -0.39 is 12.0 Å². The van der Waals surface area contributed by atoms with E-state index in [1.165, 1.54) is 10.7 Å². The van der Waals surface area contributed by atoms with Crippen LogP contribution >= 0.6 is 15.9 Å². The molecule has 0 saturated heterocycles. The molecule has 0 spiro atoms. The number of nitrogens with one attached hydrogen (secondary N) is 1. The van der Waals surface area contributed by atoms with Gasteiger partial charge < -0.3 is 20.1 Å². The largest absolute Gasteiger partial charge is 0.489 e. The van der Waals surface area contributed by atoms with Crippen LogP contribution in [0.3, 0.4) is 0 Å². The van der Waals surface area contributed by atoms with Gasteiger partial charge in [-0.2, -0.15) is 5.10 Å². The van der Waals surface area contributed by atoms with Crippen molar-refractivity contribution in [3.63, 3.8) is 0 Å². The molecule has 1 atom stereocenters. The summed E-state index contributed by atoms with van der Waals surface area (Å²) in [5.74, 6) is -1.08. The standard InChI is InChI=1S/C23H22BrFN4O4/c1-28-19-7-6-16(24)10-20(19)33-13-18(22(28)30)26-9-8-15-12-29(27-21(15)23(31)32)11-14-4-2-3-5-17(14)25/h2-7,10,12,18,26H,8-9,11,13H2,1H3,(H,31,32). The second-order valence-electron chi connectivity index (χ2n) is 7.67. The van der Waals surface area contributed by atoms with Gasteiger partial charge in [0.15, 0.2) is 5.69 Å². The van der Waals surface area contributed by atoms with Gasteiger partial charge in [-0.15, -0.1) is 0 Å². The highest BCUT2D eigenvalue weighted by Crippen LogP contribution is 2.33. The number of carbonyl (C=O) groups is 2. The maximum Gasteiger partial charge on any atom is 0.356 e. The Kier molecular flexibility index (Phi) is 6.75. The van der Waals surface area contributed by atoms with Crippen LogP contribution in [0.15, 0.2) is 53.1 Å². The molecule has 172 valence electrons. The molecule has 2 aromatic carbocycles. The molecule has 1 aliphatic rings. The molecule has 10 heteroatoms. The number of nitrogens with zero attached hydrogens (tertiary/aromatic N) is 3. The normalized spacial score (nSPS) is 15.7. The fourth-order valence-corrected chi connectivity index (χ4v) is 4.05. The lowest BCUT2D eigenvalue weighted by Crippen LogP contribution is -2.47. The summed E-state index contributed by atoms with van der Waals surface area (Å²) in [6.45, 7) is 0.595. The summed E-state index contributed by atoms with van der Waals surface area (Å²) in [6, 6.07) is 11.1. The van der Waals surface area contributed by atoms with Crippen LogP contribution in [-0.2, 0) is 17.8 Å². The van der Waals surface area contributed by atoms with E-state index in [1.54, 1.807) is 36.3 Å². The van der Waals surface area contributed by atoms with Crippen LogP contribution in [0.4, 0.5) is 10.1 Å². The van der Waals surface area contributed by atoms with Gasteiger partial charge in [0, 0.05) is 35.4 Å². The molecule has 3 aromatic rings. The van der Waals surface area contributed by atoms with Crippen molar-refractivity contribution in [1.82, 2.24) is 15.1 Å². The summed E-state index contributed by atoms with van der Waals surface area (Å²) in [7, 11) is 1.69. The predicted octanol–water partition coefficient (Wildman–Crippen LogP) is 3.09. The second-order valence-corrected chi connectivity index (χ2v) is 8.59. The van der Waals surface area contributed by atoms with E-state index >= 15 is 0 Å². The molecule has 8 nitrogen and oxygen atoms in total. The number of hydrogen-bond acceptors (Lipinski definition) is 5. The van der Waals surface area contributed by atoms with Crippen molar-refractivity contribution in [3.05, 3.63) is 75.8 Å². The van der Waals surface area contributed by atoms with Crippen LogP contribution in [0.25, 0.3) is 0 Å². The first-order valence-electron chi connectivity index (χ1n) is 10.3. The number of halogens is 2. The van der Waals surface area contributed by atoms with E-state index in [9.17, 15) is 19.1 Å². The molecule has 1 unspecified atom stereocenters. The molecule has 0 saturated carbocycles. The highest BCUT2D eigenvalue weighted by molar-refractivity contribution is 9.10. The Bertz CT molecular complexity index is 1200.